The third kappa shape index (κ3) is 3.06. The SMILES string of the molecule is Cc1cc(Br)c(NN=C(C#N)C#N)c(Br)c1C. The van der Waals surface area contributed by atoms with E-state index in [1.54, 1.807) is 12.1 Å². The highest BCUT2D eigenvalue weighted by Crippen LogP contribution is 2.35. The van der Waals surface area contributed by atoms with Crippen LogP contribution in [0.1, 0.15) is 11.1 Å². The van der Waals surface area contributed by atoms with Gasteiger partial charge in [-0.15, -0.1) is 0 Å². The normalized spacial score (nSPS) is 9.06. The summed E-state index contributed by atoms with van der Waals surface area (Å²) in [5, 5.41) is 20.9. The molecule has 0 amide bonds. The van der Waals surface area contributed by atoms with Gasteiger partial charge in [-0.1, -0.05) is 0 Å². The lowest BCUT2D eigenvalue weighted by atomic mass is 10.1. The standard InChI is InChI=1S/C11H8Br2N4/c1-6-3-9(12)11(10(13)7(6)2)17-16-8(4-14)5-15/h3,17H,1-2H3. The van der Waals surface area contributed by atoms with Crippen LogP contribution in [0.15, 0.2) is 20.1 Å². The van der Waals surface area contributed by atoms with E-state index in [4.69, 9.17) is 10.5 Å². The van der Waals surface area contributed by atoms with Crippen LogP contribution in [0.3, 0.4) is 0 Å². The molecule has 0 radical (unpaired) electrons. The molecular weight excluding hydrogens is 348 g/mol. The smallest absolute Gasteiger partial charge is 0.237 e. The second-order valence-corrected chi connectivity index (χ2v) is 4.93. The Bertz CT molecular complexity index is 548. The Morgan fingerprint density at radius 1 is 1.29 bits per heavy atom. The van der Waals surface area contributed by atoms with Crippen molar-refractivity contribution in [1.82, 2.24) is 0 Å². The Morgan fingerprint density at radius 2 is 1.88 bits per heavy atom. The number of benzene rings is 1. The molecule has 0 saturated heterocycles. The molecule has 0 atom stereocenters. The van der Waals surface area contributed by atoms with E-state index in [-0.39, 0.29) is 5.71 Å². The molecular formula is C11H8Br2N4. The van der Waals surface area contributed by atoms with Gasteiger partial charge in [0.2, 0.25) is 5.71 Å². The van der Waals surface area contributed by atoms with Crippen LogP contribution in [-0.2, 0) is 0 Å². The number of hydrogen-bond donors (Lipinski definition) is 1. The van der Waals surface area contributed by atoms with E-state index < -0.39 is 0 Å². The van der Waals surface area contributed by atoms with Crippen LogP contribution in [-0.4, -0.2) is 5.71 Å². The third-order valence-electron chi connectivity index (χ3n) is 2.21. The minimum absolute atomic E-state index is 0.220. The Labute approximate surface area is 116 Å². The number of nitrogens with one attached hydrogen (secondary N) is 1. The molecule has 0 aliphatic rings. The topological polar surface area (TPSA) is 72.0 Å². The van der Waals surface area contributed by atoms with Crippen molar-refractivity contribution in [1.29, 1.82) is 10.5 Å². The lowest BCUT2D eigenvalue weighted by Gasteiger charge is -2.11. The maximum Gasteiger partial charge on any atom is 0.237 e. The Morgan fingerprint density at radius 3 is 2.41 bits per heavy atom. The van der Waals surface area contributed by atoms with Crippen molar-refractivity contribution in [3.05, 3.63) is 26.1 Å². The largest absolute Gasteiger partial charge is 0.274 e. The summed E-state index contributed by atoms with van der Waals surface area (Å²) in [6, 6.07) is 5.31. The molecule has 1 N–H and O–H groups in total. The van der Waals surface area contributed by atoms with Crippen LogP contribution in [0, 0.1) is 36.5 Å². The van der Waals surface area contributed by atoms with Gasteiger partial charge in [0.15, 0.2) is 0 Å². The van der Waals surface area contributed by atoms with Crippen molar-refractivity contribution in [3.8, 4) is 12.1 Å². The molecule has 4 nitrogen and oxygen atoms in total. The van der Waals surface area contributed by atoms with Gasteiger partial charge >= 0.3 is 0 Å². The lowest BCUT2D eigenvalue weighted by molar-refractivity contribution is 1.25. The number of aryl methyl sites for hydroxylation is 1. The monoisotopic (exact) mass is 354 g/mol. The molecule has 1 aromatic carbocycles. The molecule has 0 aliphatic heterocycles. The molecule has 0 spiro atoms. The van der Waals surface area contributed by atoms with E-state index in [0.717, 1.165) is 20.1 Å². The fourth-order valence-corrected chi connectivity index (χ4v) is 2.64. The predicted octanol–water partition coefficient (Wildman–Crippen LogP) is 3.64. The fourth-order valence-electron chi connectivity index (χ4n) is 1.13. The zero-order valence-electron chi connectivity index (χ0n) is 9.17. The highest BCUT2D eigenvalue weighted by molar-refractivity contribution is 9.11. The third-order valence-corrected chi connectivity index (χ3v) is 3.83. The average Bonchev–Trinajstić information content (AvgIpc) is 2.31. The van der Waals surface area contributed by atoms with Gasteiger partial charge in [0.05, 0.1) is 5.69 Å². The van der Waals surface area contributed by atoms with Gasteiger partial charge in [-0.3, -0.25) is 5.43 Å². The molecule has 86 valence electrons. The molecule has 6 heteroatoms. The van der Waals surface area contributed by atoms with Gasteiger partial charge < -0.3 is 0 Å². The number of rotatable bonds is 2. The minimum atomic E-state index is -0.220. The van der Waals surface area contributed by atoms with E-state index in [2.05, 4.69) is 42.4 Å². The summed E-state index contributed by atoms with van der Waals surface area (Å²) in [4.78, 5) is 0. The van der Waals surface area contributed by atoms with Crippen LogP contribution < -0.4 is 5.43 Å². The van der Waals surface area contributed by atoms with E-state index in [0.29, 0.717) is 5.69 Å². The highest BCUT2D eigenvalue weighted by atomic mass is 79.9. The van der Waals surface area contributed by atoms with Gasteiger partial charge in [0.1, 0.15) is 12.1 Å². The summed E-state index contributed by atoms with van der Waals surface area (Å²) in [6.07, 6.45) is 0. The van der Waals surface area contributed by atoms with Gasteiger partial charge in [0, 0.05) is 8.95 Å². The summed E-state index contributed by atoms with van der Waals surface area (Å²) < 4.78 is 1.66. The molecule has 1 aromatic rings. The predicted molar refractivity (Wildman–Crippen MR) is 73.6 cm³/mol. The first-order valence-corrected chi connectivity index (χ1v) is 6.19. The van der Waals surface area contributed by atoms with Gasteiger partial charge in [-0.2, -0.15) is 15.6 Å². The van der Waals surface area contributed by atoms with Crippen LogP contribution >= 0.6 is 31.9 Å². The molecule has 0 fully saturated rings. The lowest BCUT2D eigenvalue weighted by Crippen LogP contribution is -1.99. The second kappa shape index (κ2) is 5.81. The van der Waals surface area contributed by atoms with Crippen LogP contribution in [0.5, 0.6) is 0 Å². The number of nitriles is 2. The first-order chi connectivity index (χ1) is 8.01. The number of hydrogen-bond acceptors (Lipinski definition) is 4. The number of hydrazone groups is 1. The quantitative estimate of drug-likeness (QED) is 0.650. The van der Waals surface area contributed by atoms with E-state index in [9.17, 15) is 0 Å². The van der Waals surface area contributed by atoms with Crippen LogP contribution in [0.4, 0.5) is 5.69 Å². The average molecular weight is 356 g/mol. The molecule has 0 aromatic heterocycles. The summed E-state index contributed by atoms with van der Waals surface area (Å²) in [5.74, 6) is 0. The fraction of sp³-hybridized carbons (Fsp3) is 0.182. The summed E-state index contributed by atoms with van der Waals surface area (Å²) >= 11 is 6.85. The zero-order chi connectivity index (χ0) is 13.0. The van der Waals surface area contributed by atoms with Crippen LogP contribution in [0.25, 0.3) is 0 Å². The molecule has 0 saturated carbocycles. The van der Waals surface area contributed by atoms with Crippen molar-refractivity contribution < 1.29 is 0 Å². The first-order valence-electron chi connectivity index (χ1n) is 4.60. The number of nitrogens with zero attached hydrogens (tertiary/aromatic N) is 3. The van der Waals surface area contributed by atoms with E-state index in [1.165, 1.54) is 0 Å². The maximum absolute atomic E-state index is 8.57. The molecule has 1 rings (SSSR count). The summed E-state index contributed by atoms with van der Waals surface area (Å²) in [7, 11) is 0. The summed E-state index contributed by atoms with van der Waals surface area (Å²) in [5.41, 5.74) is 5.37. The maximum atomic E-state index is 8.57. The van der Waals surface area contributed by atoms with Crippen molar-refractivity contribution >= 4 is 43.3 Å². The van der Waals surface area contributed by atoms with Gasteiger partial charge in [0.25, 0.3) is 0 Å². The summed E-state index contributed by atoms with van der Waals surface area (Å²) in [6.45, 7) is 3.96. The second-order valence-electron chi connectivity index (χ2n) is 3.29. The van der Waals surface area contributed by atoms with E-state index in [1.807, 2.05) is 19.9 Å². The van der Waals surface area contributed by atoms with E-state index >= 15 is 0 Å². The molecule has 0 heterocycles. The molecule has 0 bridgehead atoms. The highest BCUT2D eigenvalue weighted by Gasteiger charge is 2.10. The number of halogens is 2. The van der Waals surface area contributed by atoms with Gasteiger partial charge in [-0.05, 0) is 62.9 Å². The Balaban J connectivity index is 3.18. The van der Waals surface area contributed by atoms with Crippen LogP contribution in [0.2, 0.25) is 0 Å². The molecule has 0 unspecified atom stereocenters. The number of anilines is 1. The Kier molecular flexibility index (Phi) is 4.68. The van der Waals surface area contributed by atoms with Crippen molar-refractivity contribution in [2.45, 2.75) is 13.8 Å². The first kappa shape index (κ1) is 13.7. The molecule has 17 heavy (non-hydrogen) atoms. The Hall–Kier alpha value is -1.37. The van der Waals surface area contributed by atoms with Crippen molar-refractivity contribution in [3.63, 3.8) is 0 Å². The van der Waals surface area contributed by atoms with Crippen molar-refractivity contribution in [2.75, 3.05) is 5.43 Å². The van der Waals surface area contributed by atoms with Crippen molar-refractivity contribution in [2.24, 2.45) is 5.10 Å². The van der Waals surface area contributed by atoms with Gasteiger partial charge in [-0.25, -0.2) is 0 Å². The zero-order valence-corrected chi connectivity index (χ0v) is 12.3. The minimum Gasteiger partial charge on any atom is -0.274 e. The molecule has 0 aliphatic carbocycles.